The van der Waals surface area contributed by atoms with Gasteiger partial charge in [-0.1, -0.05) is 0 Å². The van der Waals surface area contributed by atoms with Crippen molar-refractivity contribution in [2.75, 3.05) is 5.32 Å². The number of halogens is 1. The molecule has 0 radical (unpaired) electrons. The molecule has 0 saturated heterocycles. The van der Waals surface area contributed by atoms with E-state index in [0.717, 1.165) is 31.2 Å². The Morgan fingerprint density at radius 2 is 2.25 bits per heavy atom. The number of carbonyl (C=O) groups is 1. The van der Waals surface area contributed by atoms with Crippen molar-refractivity contribution in [2.45, 2.75) is 31.7 Å². The summed E-state index contributed by atoms with van der Waals surface area (Å²) in [7, 11) is 0. The second-order valence-corrected chi connectivity index (χ2v) is 9.59. The number of anilines is 1. The summed E-state index contributed by atoms with van der Waals surface area (Å²) in [5.41, 5.74) is 1.92. The molecule has 0 unspecified atom stereocenters. The molecule has 4 heterocycles. The summed E-state index contributed by atoms with van der Waals surface area (Å²) in [6.45, 7) is 0. The standard InChI is InChI=1S/C23H21FN6O2/c24-12-6-14-15(10-26-19(14)25-9-12)20-28-21(16-2-1-5-30(16)29-20)27-18-13-3-4-23(7-11(13)8-23)17(18)22(31)32/h1-2,5-6,9-11,13,17-18H,3-4,7-8H2,(H,25,26)(H,31,32)(H,27,28,29)/t11?,13-,17+,18+,23?/m1/s1. The van der Waals surface area contributed by atoms with E-state index < -0.39 is 17.7 Å². The number of rotatable bonds is 4. The number of hydrogen-bond donors (Lipinski definition) is 3. The highest BCUT2D eigenvalue weighted by atomic mass is 19.1. The van der Waals surface area contributed by atoms with Crippen molar-refractivity contribution < 1.29 is 14.3 Å². The Balaban J connectivity index is 1.34. The van der Waals surface area contributed by atoms with Crippen LogP contribution in [0.3, 0.4) is 0 Å². The Morgan fingerprint density at radius 3 is 3.03 bits per heavy atom. The van der Waals surface area contributed by atoms with Crippen LogP contribution in [-0.2, 0) is 4.79 Å². The minimum Gasteiger partial charge on any atom is -0.481 e. The smallest absolute Gasteiger partial charge is 0.309 e. The van der Waals surface area contributed by atoms with Crippen LogP contribution < -0.4 is 5.32 Å². The van der Waals surface area contributed by atoms with Gasteiger partial charge in [0.1, 0.15) is 17.0 Å². The molecule has 32 heavy (non-hydrogen) atoms. The molecule has 0 aliphatic heterocycles. The first kappa shape index (κ1) is 18.1. The lowest BCUT2D eigenvalue weighted by molar-refractivity contribution is -0.189. The number of pyridine rings is 1. The monoisotopic (exact) mass is 432 g/mol. The first-order valence-corrected chi connectivity index (χ1v) is 11.0. The van der Waals surface area contributed by atoms with Crippen LogP contribution in [0.15, 0.2) is 36.8 Å². The summed E-state index contributed by atoms with van der Waals surface area (Å²) in [6.07, 6.45) is 8.87. The van der Waals surface area contributed by atoms with E-state index in [0.29, 0.717) is 40.1 Å². The average Bonchev–Trinajstić information content (AvgIpc) is 3.39. The van der Waals surface area contributed by atoms with E-state index in [-0.39, 0.29) is 11.5 Å². The summed E-state index contributed by atoms with van der Waals surface area (Å²) >= 11 is 0. The Hall–Kier alpha value is -3.49. The zero-order chi connectivity index (χ0) is 21.6. The number of H-pyrrole nitrogens is 1. The van der Waals surface area contributed by atoms with E-state index in [9.17, 15) is 14.3 Å². The van der Waals surface area contributed by atoms with Crippen LogP contribution in [0.25, 0.3) is 27.9 Å². The third kappa shape index (κ3) is 2.31. The van der Waals surface area contributed by atoms with Crippen LogP contribution in [0.4, 0.5) is 10.2 Å². The molecular weight excluding hydrogens is 411 g/mol. The lowest BCUT2D eigenvalue weighted by Crippen LogP contribution is -2.67. The van der Waals surface area contributed by atoms with Crippen LogP contribution >= 0.6 is 0 Å². The van der Waals surface area contributed by atoms with Gasteiger partial charge in [0.15, 0.2) is 11.6 Å². The third-order valence-electron chi connectivity index (χ3n) is 8.10. The van der Waals surface area contributed by atoms with Crippen LogP contribution in [0.2, 0.25) is 0 Å². The molecule has 1 spiro atoms. The number of aliphatic carboxylic acids is 1. The predicted molar refractivity (Wildman–Crippen MR) is 114 cm³/mol. The van der Waals surface area contributed by atoms with Gasteiger partial charge in [0.2, 0.25) is 0 Å². The number of nitrogens with zero attached hydrogens (tertiary/aromatic N) is 4. The minimum absolute atomic E-state index is 0.0723. The third-order valence-corrected chi connectivity index (χ3v) is 8.10. The lowest BCUT2D eigenvalue weighted by atomic mass is 9.38. The largest absolute Gasteiger partial charge is 0.481 e. The second-order valence-electron chi connectivity index (χ2n) is 9.59. The Labute approximate surface area is 181 Å². The van der Waals surface area contributed by atoms with Gasteiger partial charge in [-0.05, 0) is 61.1 Å². The van der Waals surface area contributed by atoms with E-state index in [1.165, 1.54) is 12.3 Å². The maximum absolute atomic E-state index is 13.9. The topological polar surface area (TPSA) is 108 Å². The van der Waals surface area contributed by atoms with Crippen molar-refractivity contribution in [1.82, 2.24) is 24.6 Å². The van der Waals surface area contributed by atoms with Gasteiger partial charge in [-0.15, -0.1) is 5.10 Å². The van der Waals surface area contributed by atoms with E-state index in [1.54, 1.807) is 10.7 Å². The summed E-state index contributed by atoms with van der Waals surface area (Å²) < 4.78 is 15.6. The fourth-order valence-corrected chi connectivity index (χ4v) is 6.77. The van der Waals surface area contributed by atoms with Crippen molar-refractivity contribution in [3.63, 3.8) is 0 Å². The predicted octanol–water partition coefficient (Wildman–Crippen LogP) is 3.71. The summed E-state index contributed by atoms with van der Waals surface area (Å²) in [4.78, 5) is 24.2. The Bertz CT molecular complexity index is 1400. The Kier molecular flexibility index (Phi) is 3.43. The van der Waals surface area contributed by atoms with Gasteiger partial charge < -0.3 is 15.4 Å². The quantitative estimate of drug-likeness (QED) is 0.454. The molecule has 3 N–H and O–H groups in total. The van der Waals surface area contributed by atoms with Crippen LogP contribution in [0.1, 0.15) is 25.7 Å². The maximum Gasteiger partial charge on any atom is 0.309 e. The van der Waals surface area contributed by atoms with Crippen LogP contribution in [0, 0.1) is 29.0 Å². The van der Waals surface area contributed by atoms with Gasteiger partial charge in [-0.25, -0.2) is 18.9 Å². The van der Waals surface area contributed by atoms with Gasteiger partial charge in [-0.3, -0.25) is 4.79 Å². The molecule has 0 aromatic carbocycles. The summed E-state index contributed by atoms with van der Waals surface area (Å²) in [5.74, 6) is 0.412. The molecule has 6 aliphatic carbocycles. The molecule has 4 aromatic heterocycles. The van der Waals surface area contributed by atoms with E-state index in [1.807, 2.05) is 18.3 Å². The first-order chi connectivity index (χ1) is 15.5. The van der Waals surface area contributed by atoms with Gasteiger partial charge in [0.05, 0.1) is 12.1 Å². The molecule has 4 aromatic rings. The first-order valence-electron chi connectivity index (χ1n) is 11.0. The van der Waals surface area contributed by atoms with Crippen molar-refractivity contribution in [3.05, 3.63) is 42.6 Å². The highest BCUT2D eigenvalue weighted by Crippen LogP contribution is 2.69. The zero-order valence-corrected chi connectivity index (χ0v) is 17.1. The number of carboxylic acid groups (broad SMARTS) is 1. The molecule has 6 aliphatic rings. The molecule has 162 valence electrons. The molecule has 9 heteroatoms. The number of aromatic amines is 1. The summed E-state index contributed by atoms with van der Waals surface area (Å²) in [5, 5.41) is 18.8. The van der Waals surface area contributed by atoms with Crippen molar-refractivity contribution in [1.29, 1.82) is 0 Å². The van der Waals surface area contributed by atoms with E-state index in [4.69, 9.17) is 4.98 Å². The molecule has 10 rings (SSSR count). The molecule has 3 atom stereocenters. The normalized spacial score (nSPS) is 30.5. The van der Waals surface area contributed by atoms with Crippen LogP contribution in [0.5, 0.6) is 0 Å². The fourth-order valence-electron chi connectivity index (χ4n) is 6.77. The number of nitrogens with one attached hydrogen (secondary N) is 2. The van der Waals surface area contributed by atoms with Gasteiger partial charge >= 0.3 is 5.97 Å². The zero-order valence-electron chi connectivity index (χ0n) is 17.1. The van der Waals surface area contributed by atoms with Crippen LogP contribution in [-0.4, -0.2) is 41.7 Å². The van der Waals surface area contributed by atoms with E-state index >= 15 is 0 Å². The molecule has 6 saturated carbocycles. The van der Waals surface area contributed by atoms with Crippen molar-refractivity contribution in [3.8, 4) is 11.4 Å². The highest BCUT2D eigenvalue weighted by molar-refractivity contribution is 5.92. The lowest BCUT2D eigenvalue weighted by Gasteiger charge is -2.67. The van der Waals surface area contributed by atoms with E-state index in [2.05, 4.69) is 20.4 Å². The highest BCUT2D eigenvalue weighted by Gasteiger charge is 2.67. The SMILES string of the molecule is O=C(O)[C@@H]1[C@@H](Nc2nc(-c3c[nH]c4ncc(F)cc34)nn3cccc23)[C@@H]2CCC13CC2C3. The second kappa shape index (κ2) is 6.05. The number of hydrogen-bond acceptors (Lipinski definition) is 5. The number of carboxylic acids is 1. The molecule has 8 nitrogen and oxygen atoms in total. The number of fused-ring (bicyclic) bond motifs is 2. The Morgan fingerprint density at radius 1 is 1.38 bits per heavy atom. The van der Waals surface area contributed by atoms with Crippen molar-refractivity contribution in [2.24, 2.45) is 23.2 Å². The maximum atomic E-state index is 13.9. The van der Waals surface area contributed by atoms with Gasteiger partial charge in [0.25, 0.3) is 0 Å². The van der Waals surface area contributed by atoms with Gasteiger partial charge in [-0.2, -0.15) is 0 Å². The molecule has 6 fully saturated rings. The average molecular weight is 432 g/mol. The fraction of sp³-hybridized carbons (Fsp3) is 0.391. The van der Waals surface area contributed by atoms with Gasteiger partial charge in [0, 0.05) is 29.4 Å². The van der Waals surface area contributed by atoms with Crippen molar-refractivity contribution >= 4 is 28.3 Å². The molecule has 0 amide bonds. The minimum atomic E-state index is -0.718. The molecular formula is C23H21FN6O2. The number of aromatic nitrogens is 5. The summed E-state index contributed by atoms with van der Waals surface area (Å²) in [6, 6.07) is 5.06. The molecule has 3 bridgehead atoms.